The van der Waals surface area contributed by atoms with E-state index in [0.29, 0.717) is 35.9 Å². The zero-order valence-electron chi connectivity index (χ0n) is 15.6. The van der Waals surface area contributed by atoms with Crippen LogP contribution in [0.15, 0.2) is 36.5 Å². The molecule has 1 aliphatic rings. The first kappa shape index (κ1) is 19.4. The highest BCUT2D eigenvalue weighted by Gasteiger charge is 2.18. The Labute approximate surface area is 163 Å². The molecule has 2 aromatic rings. The van der Waals surface area contributed by atoms with Gasteiger partial charge in [0.05, 0.1) is 14.2 Å². The highest BCUT2D eigenvalue weighted by atomic mass is 32.2. The minimum absolute atomic E-state index is 0.136. The molecule has 7 heteroatoms. The van der Waals surface area contributed by atoms with Gasteiger partial charge in [0.25, 0.3) is 5.91 Å². The number of methoxy groups -OCH3 is 2. The van der Waals surface area contributed by atoms with Gasteiger partial charge in [0.1, 0.15) is 6.10 Å². The summed E-state index contributed by atoms with van der Waals surface area (Å²) in [6.45, 7) is 0.520. The van der Waals surface area contributed by atoms with E-state index in [4.69, 9.17) is 14.2 Å². The number of nitrogens with one attached hydrogen (secondary N) is 1. The van der Waals surface area contributed by atoms with Crippen molar-refractivity contribution in [2.45, 2.75) is 18.9 Å². The Hall–Kier alpha value is -2.41. The molecular formula is C20H24N2O4S. The molecular weight excluding hydrogens is 364 g/mol. The van der Waals surface area contributed by atoms with E-state index in [0.717, 1.165) is 23.5 Å². The summed E-state index contributed by atoms with van der Waals surface area (Å²) in [4.78, 5) is 16.6. The number of rotatable bonds is 8. The molecule has 27 heavy (non-hydrogen) atoms. The zero-order valence-corrected chi connectivity index (χ0v) is 16.4. The van der Waals surface area contributed by atoms with Crippen molar-refractivity contribution in [1.82, 2.24) is 10.3 Å². The van der Waals surface area contributed by atoms with Crippen LogP contribution in [0.5, 0.6) is 17.4 Å². The lowest BCUT2D eigenvalue weighted by atomic mass is 10.1. The monoisotopic (exact) mass is 388 g/mol. The van der Waals surface area contributed by atoms with Gasteiger partial charge in [-0.25, -0.2) is 4.98 Å². The van der Waals surface area contributed by atoms with Gasteiger partial charge in [-0.1, -0.05) is 6.07 Å². The summed E-state index contributed by atoms with van der Waals surface area (Å²) in [6, 6.07) is 9.15. The number of amides is 1. The predicted octanol–water partition coefficient (Wildman–Crippen LogP) is 2.96. The number of pyridine rings is 1. The van der Waals surface area contributed by atoms with Crippen LogP contribution in [0.25, 0.3) is 0 Å². The molecule has 0 aliphatic carbocycles. The summed E-state index contributed by atoms with van der Waals surface area (Å²) in [5.74, 6) is 3.83. The molecule has 1 saturated heterocycles. The number of nitrogens with zero attached hydrogens (tertiary/aromatic N) is 1. The van der Waals surface area contributed by atoms with Crippen molar-refractivity contribution in [2.75, 3.05) is 32.3 Å². The fourth-order valence-electron chi connectivity index (χ4n) is 2.85. The Bertz CT molecular complexity index is 778. The van der Waals surface area contributed by atoms with Crippen LogP contribution in [0, 0.1) is 0 Å². The standard InChI is InChI=1S/C20H24N2O4S/c1-24-17-4-3-14(11-18(17)25-2)5-8-22-20(23)15-6-9-21-19(12-15)26-16-7-10-27-13-16/h3-4,6,9,11-12,16H,5,7-8,10,13H2,1-2H3,(H,22,23). The Kier molecular flexibility index (Phi) is 6.81. The van der Waals surface area contributed by atoms with Crippen molar-refractivity contribution in [1.29, 1.82) is 0 Å². The highest BCUT2D eigenvalue weighted by molar-refractivity contribution is 7.99. The van der Waals surface area contributed by atoms with Gasteiger partial charge in [-0.3, -0.25) is 4.79 Å². The van der Waals surface area contributed by atoms with Crippen molar-refractivity contribution in [3.8, 4) is 17.4 Å². The molecule has 1 amide bonds. The third kappa shape index (κ3) is 5.29. The fraction of sp³-hybridized carbons (Fsp3) is 0.400. The van der Waals surface area contributed by atoms with Crippen molar-refractivity contribution in [3.05, 3.63) is 47.7 Å². The van der Waals surface area contributed by atoms with Crippen molar-refractivity contribution < 1.29 is 19.0 Å². The van der Waals surface area contributed by atoms with Crippen LogP contribution in [-0.4, -0.2) is 49.3 Å². The maximum absolute atomic E-state index is 12.4. The van der Waals surface area contributed by atoms with Gasteiger partial charge >= 0.3 is 0 Å². The number of carbonyl (C=O) groups excluding carboxylic acids is 1. The fourth-order valence-corrected chi connectivity index (χ4v) is 3.94. The number of carbonyl (C=O) groups is 1. The molecule has 2 heterocycles. The molecule has 3 rings (SSSR count). The van der Waals surface area contributed by atoms with Crippen LogP contribution in [-0.2, 0) is 6.42 Å². The van der Waals surface area contributed by atoms with Gasteiger partial charge in [0, 0.05) is 30.1 Å². The average molecular weight is 388 g/mol. The maximum Gasteiger partial charge on any atom is 0.251 e. The normalized spacial score (nSPS) is 16.0. The summed E-state index contributed by atoms with van der Waals surface area (Å²) in [5.41, 5.74) is 1.61. The molecule has 0 bridgehead atoms. The molecule has 0 spiro atoms. The minimum atomic E-state index is -0.136. The molecule has 1 N–H and O–H groups in total. The summed E-state index contributed by atoms with van der Waals surface area (Å²) < 4.78 is 16.4. The molecule has 1 aromatic carbocycles. The van der Waals surface area contributed by atoms with Gasteiger partial charge in [-0.15, -0.1) is 0 Å². The van der Waals surface area contributed by atoms with E-state index in [1.807, 2.05) is 30.0 Å². The van der Waals surface area contributed by atoms with E-state index in [1.165, 1.54) is 0 Å². The van der Waals surface area contributed by atoms with Crippen molar-refractivity contribution >= 4 is 17.7 Å². The summed E-state index contributed by atoms with van der Waals surface area (Å²) in [6.07, 6.45) is 3.51. The maximum atomic E-state index is 12.4. The summed E-state index contributed by atoms with van der Waals surface area (Å²) >= 11 is 1.88. The van der Waals surface area contributed by atoms with Crippen LogP contribution in [0.2, 0.25) is 0 Å². The highest BCUT2D eigenvalue weighted by Crippen LogP contribution is 2.27. The first-order chi connectivity index (χ1) is 13.2. The number of ether oxygens (including phenoxy) is 3. The SMILES string of the molecule is COc1ccc(CCNC(=O)c2ccnc(OC3CCSC3)c2)cc1OC. The summed E-state index contributed by atoms with van der Waals surface area (Å²) in [7, 11) is 3.22. The first-order valence-corrected chi connectivity index (χ1v) is 10.0. The number of hydrogen-bond donors (Lipinski definition) is 1. The number of thioether (sulfide) groups is 1. The number of hydrogen-bond acceptors (Lipinski definition) is 6. The van der Waals surface area contributed by atoms with Crippen LogP contribution in [0.4, 0.5) is 0 Å². The topological polar surface area (TPSA) is 69.7 Å². The minimum Gasteiger partial charge on any atom is -0.493 e. The van der Waals surface area contributed by atoms with Gasteiger partial charge < -0.3 is 19.5 Å². The van der Waals surface area contributed by atoms with Crippen LogP contribution in [0.3, 0.4) is 0 Å². The second kappa shape index (κ2) is 9.50. The van der Waals surface area contributed by atoms with Crippen molar-refractivity contribution in [2.24, 2.45) is 0 Å². The lowest BCUT2D eigenvalue weighted by Gasteiger charge is -2.12. The Morgan fingerprint density at radius 2 is 2.07 bits per heavy atom. The second-order valence-electron chi connectivity index (χ2n) is 6.18. The van der Waals surface area contributed by atoms with Crippen LogP contribution >= 0.6 is 11.8 Å². The summed E-state index contributed by atoms with van der Waals surface area (Å²) in [5, 5.41) is 2.94. The Morgan fingerprint density at radius 3 is 2.81 bits per heavy atom. The average Bonchev–Trinajstić information content (AvgIpc) is 3.21. The number of aromatic nitrogens is 1. The van der Waals surface area contributed by atoms with E-state index in [1.54, 1.807) is 32.5 Å². The molecule has 1 aromatic heterocycles. The quantitative estimate of drug-likeness (QED) is 0.750. The van der Waals surface area contributed by atoms with E-state index < -0.39 is 0 Å². The van der Waals surface area contributed by atoms with E-state index in [9.17, 15) is 4.79 Å². The first-order valence-electron chi connectivity index (χ1n) is 8.89. The van der Waals surface area contributed by atoms with Crippen molar-refractivity contribution in [3.63, 3.8) is 0 Å². The third-order valence-corrected chi connectivity index (χ3v) is 5.45. The Balaban J connectivity index is 1.53. The van der Waals surface area contributed by atoms with Crippen LogP contribution < -0.4 is 19.5 Å². The molecule has 0 saturated carbocycles. The van der Waals surface area contributed by atoms with E-state index >= 15 is 0 Å². The lowest BCUT2D eigenvalue weighted by Crippen LogP contribution is -2.26. The van der Waals surface area contributed by atoms with Crippen LogP contribution in [0.1, 0.15) is 22.3 Å². The Morgan fingerprint density at radius 1 is 1.22 bits per heavy atom. The molecule has 1 aliphatic heterocycles. The van der Waals surface area contributed by atoms with E-state index in [-0.39, 0.29) is 12.0 Å². The van der Waals surface area contributed by atoms with Gasteiger partial charge in [-0.2, -0.15) is 11.8 Å². The smallest absolute Gasteiger partial charge is 0.251 e. The van der Waals surface area contributed by atoms with E-state index in [2.05, 4.69) is 10.3 Å². The third-order valence-electron chi connectivity index (χ3n) is 4.32. The molecule has 0 radical (unpaired) electrons. The second-order valence-corrected chi connectivity index (χ2v) is 7.33. The molecule has 1 fully saturated rings. The molecule has 144 valence electrons. The molecule has 6 nitrogen and oxygen atoms in total. The molecule has 1 unspecified atom stereocenters. The largest absolute Gasteiger partial charge is 0.493 e. The molecule has 1 atom stereocenters. The van der Waals surface area contributed by atoms with Gasteiger partial charge in [0.2, 0.25) is 5.88 Å². The van der Waals surface area contributed by atoms with Gasteiger partial charge in [0.15, 0.2) is 11.5 Å². The lowest BCUT2D eigenvalue weighted by molar-refractivity contribution is 0.0953. The zero-order chi connectivity index (χ0) is 19.1. The predicted molar refractivity (Wildman–Crippen MR) is 106 cm³/mol. The van der Waals surface area contributed by atoms with Gasteiger partial charge in [-0.05, 0) is 42.4 Å². The number of benzene rings is 1.